The van der Waals surface area contributed by atoms with Gasteiger partial charge in [-0.25, -0.2) is 0 Å². The number of nitrogens with zero attached hydrogens (tertiary/aromatic N) is 2. The Labute approximate surface area is 124 Å². The highest BCUT2D eigenvalue weighted by Crippen LogP contribution is 2.44. The first-order chi connectivity index (χ1) is 9.42. The molecule has 2 atom stereocenters. The summed E-state index contributed by atoms with van der Waals surface area (Å²) >= 11 is 0. The zero-order valence-corrected chi connectivity index (χ0v) is 14.1. The van der Waals surface area contributed by atoms with Crippen molar-refractivity contribution in [3.8, 4) is 0 Å². The van der Waals surface area contributed by atoms with Crippen LogP contribution in [0.5, 0.6) is 0 Å². The van der Waals surface area contributed by atoms with Gasteiger partial charge in [-0.1, -0.05) is 27.7 Å². The predicted octanol–water partition coefficient (Wildman–Crippen LogP) is 3.79. The lowest BCUT2D eigenvalue weighted by molar-refractivity contribution is 0.240. The van der Waals surface area contributed by atoms with Crippen molar-refractivity contribution in [2.45, 2.75) is 79.3 Å². The van der Waals surface area contributed by atoms with Gasteiger partial charge in [-0.05, 0) is 57.1 Å². The standard InChI is InChI=1S/C17H31N3/c1-7-11-18-16-15(9-10-17(16,5)6)20-13(4)14(8-2)12(3)19-20/h15-16,18H,7-11H2,1-6H3. The number of hydrogen-bond acceptors (Lipinski definition) is 2. The molecule has 1 saturated carbocycles. The number of hydrogen-bond donors (Lipinski definition) is 1. The molecule has 20 heavy (non-hydrogen) atoms. The molecule has 114 valence electrons. The Morgan fingerprint density at radius 3 is 2.55 bits per heavy atom. The first kappa shape index (κ1) is 15.6. The smallest absolute Gasteiger partial charge is 0.0680 e. The Kier molecular flexibility index (Phi) is 4.58. The normalized spacial score (nSPS) is 25.3. The van der Waals surface area contributed by atoms with Crippen LogP contribution in [0.15, 0.2) is 0 Å². The molecule has 0 bridgehead atoms. The van der Waals surface area contributed by atoms with Crippen LogP contribution in [-0.2, 0) is 6.42 Å². The Morgan fingerprint density at radius 1 is 1.30 bits per heavy atom. The van der Waals surface area contributed by atoms with Crippen molar-refractivity contribution >= 4 is 0 Å². The van der Waals surface area contributed by atoms with Crippen LogP contribution in [0, 0.1) is 19.3 Å². The molecule has 3 nitrogen and oxygen atoms in total. The van der Waals surface area contributed by atoms with E-state index in [9.17, 15) is 0 Å². The molecular formula is C17H31N3. The Bertz CT molecular complexity index is 459. The maximum atomic E-state index is 4.86. The summed E-state index contributed by atoms with van der Waals surface area (Å²) in [5.41, 5.74) is 4.38. The van der Waals surface area contributed by atoms with Gasteiger partial charge in [0.25, 0.3) is 0 Å². The van der Waals surface area contributed by atoms with Crippen LogP contribution in [0.3, 0.4) is 0 Å². The van der Waals surface area contributed by atoms with Gasteiger partial charge in [0, 0.05) is 11.7 Å². The average molecular weight is 277 g/mol. The van der Waals surface area contributed by atoms with Gasteiger partial charge in [0.1, 0.15) is 0 Å². The third kappa shape index (κ3) is 2.65. The van der Waals surface area contributed by atoms with Crippen LogP contribution in [0.25, 0.3) is 0 Å². The van der Waals surface area contributed by atoms with E-state index in [2.05, 4.69) is 51.5 Å². The second kappa shape index (κ2) is 5.88. The molecular weight excluding hydrogens is 246 g/mol. The molecule has 0 aromatic carbocycles. The van der Waals surface area contributed by atoms with Crippen LogP contribution in [0.4, 0.5) is 0 Å². The summed E-state index contributed by atoms with van der Waals surface area (Å²) in [5.74, 6) is 0. The van der Waals surface area contributed by atoms with E-state index in [0.717, 1.165) is 13.0 Å². The van der Waals surface area contributed by atoms with Crippen molar-refractivity contribution in [1.29, 1.82) is 0 Å². The summed E-state index contributed by atoms with van der Waals surface area (Å²) in [4.78, 5) is 0. The summed E-state index contributed by atoms with van der Waals surface area (Å²) in [6, 6.07) is 1.04. The number of nitrogens with one attached hydrogen (secondary N) is 1. The fourth-order valence-corrected chi connectivity index (χ4v) is 3.87. The summed E-state index contributed by atoms with van der Waals surface area (Å²) in [6.07, 6.45) is 4.79. The van der Waals surface area contributed by atoms with Crippen molar-refractivity contribution in [2.24, 2.45) is 5.41 Å². The Balaban J connectivity index is 2.31. The largest absolute Gasteiger partial charge is 0.311 e. The summed E-state index contributed by atoms with van der Waals surface area (Å²) in [7, 11) is 0. The molecule has 0 aliphatic heterocycles. The lowest BCUT2D eigenvalue weighted by atomic mass is 9.86. The van der Waals surface area contributed by atoms with Crippen LogP contribution in [0.1, 0.15) is 70.0 Å². The monoisotopic (exact) mass is 277 g/mol. The minimum Gasteiger partial charge on any atom is -0.311 e. The summed E-state index contributed by atoms with van der Waals surface area (Å²) < 4.78 is 2.32. The van der Waals surface area contributed by atoms with Gasteiger partial charge < -0.3 is 5.32 Å². The topological polar surface area (TPSA) is 29.9 Å². The third-order valence-electron chi connectivity index (χ3n) is 5.07. The van der Waals surface area contributed by atoms with E-state index in [4.69, 9.17) is 5.10 Å². The fraction of sp³-hybridized carbons (Fsp3) is 0.824. The quantitative estimate of drug-likeness (QED) is 0.887. The minimum atomic E-state index is 0.360. The first-order valence-electron chi connectivity index (χ1n) is 8.20. The fourth-order valence-electron chi connectivity index (χ4n) is 3.87. The van der Waals surface area contributed by atoms with E-state index in [-0.39, 0.29) is 0 Å². The highest BCUT2D eigenvalue weighted by atomic mass is 15.3. The lowest BCUT2D eigenvalue weighted by Gasteiger charge is -2.32. The second-order valence-electron chi connectivity index (χ2n) is 6.97. The number of rotatable bonds is 5. The Hall–Kier alpha value is -0.830. The van der Waals surface area contributed by atoms with Crippen molar-refractivity contribution in [3.05, 3.63) is 17.0 Å². The molecule has 1 aliphatic rings. The zero-order valence-electron chi connectivity index (χ0n) is 14.1. The molecule has 1 heterocycles. The lowest BCUT2D eigenvalue weighted by Crippen LogP contribution is -2.43. The van der Waals surface area contributed by atoms with E-state index >= 15 is 0 Å². The second-order valence-corrected chi connectivity index (χ2v) is 6.97. The minimum absolute atomic E-state index is 0.360. The maximum absolute atomic E-state index is 4.86. The molecule has 1 aromatic heterocycles. The van der Waals surface area contributed by atoms with E-state index in [1.807, 2.05) is 0 Å². The highest BCUT2D eigenvalue weighted by molar-refractivity contribution is 5.25. The Morgan fingerprint density at radius 2 is 2.00 bits per heavy atom. The average Bonchev–Trinajstić information content (AvgIpc) is 2.83. The van der Waals surface area contributed by atoms with Crippen LogP contribution in [-0.4, -0.2) is 22.4 Å². The number of aryl methyl sites for hydroxylation is 1. The molecule has 1 N–H and O–H groups in total. The molecule has 2 unspecified atom stereocenters. The highest BCUT2D eigenvalue weighted by Gasteiger charge is 2.43. The van der Waals surface area contributed by atoms with Crippen molar-refractivity contribution in [2.75, 3.05) is 6.54 Å². The summed E-state index contributed by atoms with van der Waals surface area (Å²) in [6.45, 7) is 14.7. The maximum Gasteiger partial charge on any atom is 0.0680 e. The van der Waals surface area contributed by atoms with Crippen LogP contribution >= 0.6 is 0 Å². The molecule has 3 heteroatoms. The van der Waals surface area contributed by atoms with Crippen molar-refractivity contribution in [3.63, 3.8) is 0 Å². The summed E-state index contributed by atoms with van der Waals surface area (Å²) in [5, 5.41) is 8.65. The van der Waals surface area contributed by atoms with E-state index in [1.54, 1.807) is 0 Å². The van der Waals surface area contributed by atoms with Gasteiger partial charge in [0.15, 0.2) is 0 Å². The molecule has 0 amide bonds. The molecule has 1 aromatic rings. The van der Waals surface area contributed by atoms with Crippen LogP contribution < -0.4 is 5.32 Å². The molecule has 0 radical (unpaired) electrons. The van der Waals surface area contributed by atoms with Crippen LogP contribution in [0.2, 0.25) is 0 Å². The van der Waals surface area contributed by atoms with E-state index in [0.29, 0.717) is 17.5 Å². The number of aromatic nitrogens is 2. The first-order valence-corrected chi connectivity index (χ1v) is 8.20. The van der Waals surface area contributed by atoms with E-state index in [1.165, 1.54) is 36.2 Å². The van der Waals surface area contributed by atoms with Gasteiger partial charge >= 0.3 is 0 Å². The zero-order chi connectivity index (χ0) is 14.9. The van der Waals surface area contributed by atoms with Gasteiger partial charge in [0.05, 0.1) is 11.7 Å². The third-order valence-corrected chi connectivity index (χ3v) is 5.07. The molecule has 2 rings (SSSR count). The van der Waals surface area contributed by atoms with Gasteiger partial charge in [0.2, 0.25) is 0 Å². The van der Waals surface area contributed by atoms with E-state index < -0.39 is 0 Å². The van der Waals surface area contributed by atoms with Gasteiger partial charge in [-0.15, -0.1) is 0 Å². The van der Waals surface area contributed by atoms with Gasteiger partial charge in [-0.2, -0.15) is 5.10 Å². The molecule has 0 saturated heterocycles. The predicted molar refractivity (Wildman–Crippen MR) is 85.2 cm³/mol. The SMILES string of the molecule is CCCNC1C(n2nc(C)c(CC)c2C)CCC1(C)C. The van der Waals surface area contributed by atoms with Crippen molar-refractivity contribution in [1.82, 2.24) is 15.1 Å². The van der Waals surface area contributed by atoms with Crippen molar-refractivity contribution < 1.29 is 0 Å². The molecule has 1 aliphatic carbocycles. The van der Waals surface area contributed by atoms with Gasteiger partial charge in [-0.3, -0.25) is 4.68 Å². The molecule has 1 fully saturated rings. The molecule has 0 spiro atoms.